The van der Waals surface area contributed by atoms with Gasteiger partial charge in [-0.15, -0.1) is 11.8 Å². The van der Waals surface area contributed by atoms with E-state index in [9.17, 15) is 24.3 Å². The third-order valence-electron chi connectivity index (χ3n) is 5.88. The molecule has 0 aliphatic carbocycles. The number of hydrogen-bond acceptors (Lipinski definition) is 5. The largest absolute Gasteiger partial charge is 0.478 e. The van der Waals surface area contributed by atoms with E-state index in [1.165, 1.54) is 30.0 Å². The summed E-state index contributed by atoms with van der Waals surface area (Å²) in [6, 6.07) is 27.3. The SMILES string of the molecule is Cc1ccc(/C=C(\NC(=O)c2ccccc2)C(=O)Nc2ccc(SCC(=O)Nc3ccc(Cl)c(C(=O)O)c3)cc2)cc1. The van der Waals surface area contributed by atoms with Gasteiger partial charge in [0, 0.05) is 21.8 Å². The molecule has 0 fully saturated rings. The minimum atomic E-state index is -1.19. The van der Waals surface area contributed by atoms with Crippen molar-refractivity contribution in [3.05, 3.63) is 130 Å². The fourth-order valence-corrected chi connectivity index (χ4v) is 4.61. The van der Waals surface area contributed by atoms with Gasteiger partial charge in [-0.3, -0.25) is 14.4 Å². The van der Waals surface area contributed by atoms with Crippen molar-refractivity contribution < 1.29 is 24.3 Å². The second-order valence-electron chi connectivity index (χ2n) is 9.10. The second kappa shape index (κ2) is 14.2. The first-order chi connectivity index (χ1) is 20.2. The first kappa shape index (κ1) is 30.1. The lowest BCUT2D eigenvalue weighted by atomic mass is 10.1. The molecule has 4 rings (SSSR count). The summed E-state index contributed by atoms with van der Waals surface area (Å²) in [7, 11) is 0. The Morgan fingerprint density at radius 2 is 1.50 bits per heavy atom. The number of aryl methyl sites for hydroxylation is 1. The minimum Gasteiger partial charge on any atom is -0.478 e. The number of carbonyl (C=O) groups excluding carboxylic acids is 3. The summed E-state index contributed by atoms with van der Waals surface area (Å²) in [5, 5.41) is 17.5. The van der Waals surface area contributed by atoms with Crippen molar-refractivity contribution in [1.82, 2.24) is 5.32 Å². The molecule has 4 aromatic carbocycles. The predicted octanol–water partition coefficient (Wildman–Crippen LogP) is 6.49. The van der Waals surface area contributed by atoms with E-state index in [4.69, 9.17) is 11.6 Å². The Kier molecular flexibility index (Phi) is 10.1. The third kappa shape index (κ3) is 8.57. The van der Waals surface area contributed by atoms with E-state index in [1.54, 1.807) is 60.7 Å². The lowest BCUT2D eigenvalue weighted by molar-refractivity contribution is -0.114. The van der Waals surface area contributed by atoms with Crippen molar-refractivity contribution in [2.24, 2.45) is 0 Å². The first-order valence-electron chi connectivity index (χ1n) is 12.7. The van der Waals surface area contributed by atoms with Gasteiger partial charge in [0.15, 0.2) is 0 Å². The van der Waals surface area contributed by atoms with Crippen LogP contribution in [0.1, 0.15) is 31.8 Å². The van der Waals surface area contributed by atoms with Crippen LogP contribution in [0.5, 0.6) is 0 Å². The van der Waals surface area contributed by atoms with Crippen molar-refractivity contribution in [2.45, 2.75) is 11.8 Å². The quantitative estimate of drug-likeness (QED) is 0.122. The van der Waals surface area contributed by atoms with Crippen molar-refractivity contribution in [2.75, 3.05) is 16.4 Å². The average molecular weight is 600 g/mol. The van der Waals surface area contributed by atoms with Crippen molar-refractivity contribution >= 4 is 64.5 Å². The van der Waals surface area contributed by atoms with Crippen LogP contribution in [0.2, 0.25) is 5.02 Å². The second-order valence-corrected chi connectivity index (χ2v) is 10.6. The summed E-state index contributed by atoms with van der Waals surface area (Å²) >= 11 is 7.14. The first-order valence-corrected chi connectivity index (χ1v) is 14.1. The summed E-state index contributed by atoms with van der Waals surface area (Å²) in [5.74, 6) is -2.34. The Labute approximate surface area is 251 Å². The van der Waals surface area contributed by atoms with Gasteiger partial charge in [-0.2, -0.15) is 0 Å². The molecule has 0 radical (unpaired) electrons. The molecule has 42 heavy (non-hydrogen) atoms. The fourth-order valence-electron chi connectivity index (χ4n) is 3.72. The summed E-state index contributed by atoms with van der Waals surface area (Å²) in [5.41, 5.74) is 3.05. The Hall–Kier alpha value is -4.86. The molecule has 10 heteroatoms. The third-order valence-corrected chi connectivity index (χ3v) is 7.22. The molecular formula is C32H26ClN3O5S. The molecule has 0 heterocycles. The van der Waals surface area contributed by atoms with E-state index in [0.29, 0.717) is 16.9 Å². The number of amides is 3. The number of carboxylic acid groups (broad SMARTS) is 1. The molecule has 0 atom stereocenters. The molecule has 0 aromatic heterocycles. The Balaban J connectivity index is 1.39. The lowest BCUT2D eigenvalue weighted by Gasteiger charge is -2.12. The van der Waals surface area contributed by atoms with Gasteiger partial charge in [0.25, 0.3) is 11.8 Å². The minimum absolute atomic E-state index is 0.0751. The van der Waals surface area contributed by atoms with Gasteiger partial charge in [-0.1, -0.05) is 59.6 Å². The topological polar surface area (TPSA) is 125 Å². The number of hydrogen-bond donors (Lipinski definition) is 4. The number of benzene rings is 4. The molecule has 0 bridgehead atoms. The van der Waals surface area contributed by atoms with Crippen LogP contribution in [0.4, 0.5) is 11.4 Å². The maximum atomic E-state index is 13.2. The van der Waals surface area contributed by atoms with Gasteiger partial charge in [-0.05, 0) is 73.2 Å². The van der Waals surface area contributed by atoms with E-state index >= 15 is 0 Å². The highest BCUT2D eigenvalue weighted by Gasteiger charge is 2.16. The number of carbonyl (C=O) groups is 4. The maximum absolute atomic E-state index is 13.2. The number of rotatable bonds is 10. The fraction of sp³-hybridized carbons (Fsp3) is 0.0625. The van der Waals surface area contributed by atoms with Crippen LogP contribution >= 0.6 is 23.4 Å². The Bertz CT molecular complexity index is 1640. The highest BCUT2D eigenvalue weighted by molar-refractivity contribution is 8.00. The Morgan fingerprint density at radius 3 is 2.17 bits per heavy atom. The van der Waals surface area contributed by atoms with Gasteiger partial charge in [0.1, 0.15) is 5.70 Å². The van der Waals surface area contributed by atoms with E-state index < -0.39 is 17.8 Å². The molecular weight excluding hydrogens is 574 g/mol. The molecule has 4 aromatic rings. The standard InChI is InChI=1S/C32H26ClN3O5S/c1-20-7-9-21(10-8-20)17-28(36-30(38)22-5-3-2-4-6-22)31(39)35-23-11-14-25(15-12-23)42-19-29(37)34-24-13-16-27(33)26(18-24)32(40)41/h2-18H,19H2,1H3,(H,34,37)(H,35,39)(H,36,38)(H,40,41)/b28-17-. The van der Waals surface area contributed by atoms with Crippen LogP contribution < -0.4 is 16.0 Å². The smallest absolute Gasteiger partial charge is 0.337 e. The molecule has 8 nitrogen and oxygen atoms in total. The van der Waals surface area contributed by atoms with Crippen molar-refractivity contribution in [3.8, 4) is 0 Å². The molecule has 212 valence electrons. The maximum Gasteiger partial charge on any atom is 0.337 e. The van der Waals surface area contributed by atoms with Gasteiger partial charge >= 0.3 is 5.97 Å². The van der Waals surface area contributed by atoms with Gasteiger partial charge in [-0.25, -0.2) is 4.79 Å². The number of halogens is 1. The molecule has 0 aliphatic rings. The normalized spacial score (nSPS) is 11.0. The zero-order valence-electron chi connectivity index (χ0n) is 22.4. The van der Waals surface area contributed by atoms with E-state index in [2.05, 4.69) is 16.0 Å². The summed E-state index contributed by atoms with van der Waals surface area (Å²) in [6.07, 6.45) is 1.61. The van der Waals surface area contributed by atoms with Gasteiger partial charge < -0.3 is 21.1 Å². The molecule has 3 amide bonds. The molecule has 0 saturated heterocycles. The number of anilines is 2. The summed E-state index contributed by atoms with van der Waals surface area (Å²) < 4.78 is 0. The average Bonchev–Trinajstić information content (AvgIpc) is 2.98. The number of nitrogens with one attached hydrogen (secondary N) is 3. The van der Waals surface area contributed by atoms with Crippen molar-refractivity contribution in [3.63, 3.8) is 0 Å². The van der Waals surface area contributed by atoms with Gasteiger partial charge in [0.2, 0.25) is 5.91 Å². The number of thioether (sulfide) groups is 1. The zero-order chi connectivity index (χ0) is 30.1. The lowest BCUT2D eigenvalue weighted by Crippen LogP contribution is -2.30. The van der Waals surface area contributed by atoms with E-state index in [-0.39, 0.29) is 27.9 Å². The molecule has 0 spiro atoms. The van der Waals surface area contributed by atoms with Crippen LogP contribution in [-0.4, -0.2) is 34.6 Å². The van der Waals surface area contributed by atoms with E-state index in [1.807, 2.05) is 31.2 Å². The molecule has 0 saturated carbocycles. The summed E-state index contributed by atoms with van der Waals surface area (Å²) in [6.45, 7) is 1.96. The Morgan fingerprint density at radius 1 is 0.833 bits per heavy atom. The molecule has 0 aliphatic heterocycles. The van der Waals surface area contributed by atoms with Crippen LogP contribution in [0, 0.1) is 6.92 Å². The van der Waals surface area contributed by atoms with Crippen LogP contribution in [0.15, 0.2) is 108 Å². The van der Waals surface area contributed by atoms with Crippen LogP contribution in [-0.2, 0) is 9.59 Å². The summed E-state index contributed by atoms with van der Waals surface area (Å²) in [4.78, 5) is 50.4. The molecule has 0 unspecified atom stereocenters. The van der Waals surface area contributed by atoms with E-state index in [0.717, 1.165) is 16.0 Å². The highest BCUT2D eigenvalue weighted by Crippen LogP contribution is 2.23. The van der Waals surface area contributed by atoms with Gasteiger partial charge in [0.05, 0.1) is 16.3 Å². The number of aromatic carboxylic acids is 1. The highest BCUT2D eigenvalue weighted by atomic mass is 35.5. The monoisotopic (exact) mass is 599 g/mol. The number of carboxylic acids is 1. The van der Waals surface area contributed by atoms with Crippen molar-refractivity contribution in [1.29, 1.82) is 0 Å². The zero-order valence-corrected chi connectivity index (χ0v) is 24.0. The predicted molar refractivity (Wildman–Crippen MR) is 166 cm³/mol. The van der Waals surface area contributed by atoms with Crippen LogP contribution in [0.3, 0.4) is 0 Å². The molecule has 4 N–H and O–H groups in total. The van der Waals surface area contributed by atoms with Crippen LogP contribution in [0.25, 0.3) is 6.08 Å².